The summed E-state index contributed by atoms with van der Waals surface area (Å²) in [7, 11) is 0. The van der Waals surface area contributed by atoms with Crippen molar-refractivity contribution in [2.45, 2.75) is 26.7 Å². The molecule has 120 valence electrons. The molecule has 0 aliphatic carbocycles. The van der Waals surface area contributed by atoms with Crippen LogP contribution in [0.4, 0.5) is 5.69 Å². The zero-order chi connectivity index (χ0) is 17.0. The van der Waals surface area contributed by atoms with Gasteiger partial charge in [0.2, 0.25) is 5.91 Å². The van der Waals surface area contributed by atoms with E-state index in [2.05, 4.69) is 17.9 Å². The summed E-state index contributed by atoms with van der Waals surface area (Å²) < 4.78 is 0. The predicted molar refractivity (Wildman–Crippen MR) is 96.8 cm³/mol. The Morgan fingerprint density at radius 1 is 0.957 bits per heavy atom. The SMILES string of the molecule is CC(C)(C)C(=O)Nc1ccccc1C(C(=O)S)c1ccccc1. The molecule has 1 amide bonds. The van der Waals surface area contributed by atoms with Crippen LogP contribution >= 0.6 is 12.6 Å². The minimum absolute atomic E-state index is 0.0941. The number of thiol groups is 1. The van der Waals surface area contributed by atoms with Crippen molar-refractivity contribution in [3.05, 3.63) is 65.7 Å². The number of rotatable bonds is 4. The maximum Gasteiger partial charge on any atom is 0.229 e. The molecule has 0 aromatic heterocycles. The van der Waals surface area contributed by atoms with Crippen molar-refractivity contribution < 1.29 is 9.59 Å². The van der Waals surface area contributed by atoms with Crippen LogP contribution in [0.3, 0.4) is 0 Å². The number of hydrogen-bond acceptors (Lipinski definition) is 2. The number of anilines is 1. The Labute approximate surface area is 142 Å². The van der Waals surface area contributed by atoms with Gasteiger partial charge in [-0.05, 0) is 17.2 Å². The monoisotopic (exact) mass is 327 g/mol. The first kappa shape index (κ1) is 17.3. The van der Waals surface area contributed by atoms with E-state index in [9.17, 15) is 9.59 Å². The van der Waals surface area contributed by atoms with Crippen molar-refractivity contribution in [1.29, 1.82) is 0 Å². The zero-order valence-corrected chi connectivity index (χ0v) is 14.4. The standard InChI is InChI=1S/C19H21NO2S/c1-19(2,3)18(22)20-15-12-8-7-11-14(15)16(17(21)23)13-9-5-4-6-10-13/h4-12,16H,1-3H3,(H,20,22)(H,21,23). The summed E-state index contributed by atoms with van der Waals surface area (Å²) in [6.07, 6.45) is 0. The molecule has 1 atom stereocenters. The quantitative estimate of drug-likeness (QED) is 0.824. The van der Waals surface area contributed by atoms with Crippen LogP contribution in [-0.2, 0) is 9.59 Å². The molecule has 2 aromatic carbocycles. The van der Waals surface area contributed by atoms with E-state index < -0.39 is 11.3 Å². The molecular weight excluding hydrogens is 306 g/mol. The van der Waals surface area contributed by atoms with Gasteiger partial charge in [0.15, 0.2) is 5.12 Å². The largest absolute Gasteiger partial charge is 0.325 e. The van der Waals surface area contributed by atoms with Crippen LogP contribution in [0, 0.1) is 5.41 Å². The second kappa shape index (κ2) is 7.01. The van der Waals surface area contributed by atoms with Crippen molar-refractivity contribution in [2.75, 3.05) is 5.32 Å². The Balaban J connectivity index is 2.46. The maximum atomic E-state index is 12.3. The van der Waals surface area contributed by atoms with Crippen molar-refractivity contribution in [2.24, 2.45) is 5.41 Å². The molecule has 4 heteroatoms. The van der Waals surface area contributed by atoms with Gasteiger partial charge in [-0.15, -0.1) is 12.6 Å². The average Bonchev–Trinajstić information content (AvgIpc) is 2.49. The lowest BCUT2D eigenvalue weighted by Crippen LogP contribution is -2.28. The van der Waals surface area contributed by atoms with Crippen LogP contribution in [0.15, 0.2) is 54.6 Å². The molecule has 2 rings (SSSR count). The number of hydrogen-bond donors (Lipinski definition) is 2. The number of amides is 1. The predicted octanol–water partition coefficient (Wildman–Crippen LogP) is 4.26. The normalized spacial score (nSPS) is 12.5. The van der Waals surface area contributed by atoms with E-state index >= 15 is 0 Å². The van der Waals surface area contributed by atoms with Gasteiger partial charge in [0.25, 0.3) is 0 Å². The topological polar surface area (TPSA) is 46.2 Å². The lowest BCUT2D eigenvalue weighted by Gasteiger charge is -2.22. The van der Waals surface area contributed by atoms with Gasteiger partial charge in [0.05, 0.1) is 5.92 Å². The summed E-state index contributed by atoms with van der Waals surface area (Å²) in [4.78, 5) is 24.4. The first-order valence-electron chi connectivity index (χ1n) is 7.49. The lowest BCUT2D eigenvalue weighted by molar-refractivity contribution is -0.123. The fourth-order valence-electron chi connectivity index (χ4n) is 2.27. The summed E-state index contributed by atoms with van der Waals surface area (Å²) in [6, 6.07) is 16.8. The van der Waals surface area contributed by atoms with Crippen LogP contribution in [0.2, 0.25) is 0 Å². The van der Waals surface area contributed by atoms with E-state index in [4.69, 9.17) is 0 Å². The van der Waals surface area contributed by atoms with E-state index in [-0.39, 0.29) is 11.0 Å². The molecular formula is C19H21NO2S. The molecule has 0 saturated heterocycles. The smallest absolute Gasteiger partial charge is 0.229 e. The fraction of sp³-hybridized carbons (Fsp3) is 0.263. The Morgan fingerprint density at radius 3 is 2.09 bits per heavy atom. The number of para-hydroxylation sites is 1. The molecule has 0 heterocycles. The molecule has 0 radical (unpaired) electrons. The summed E-state index contributed by atoms with van der Waals surface area (Å²) in [5, 5.41) is 2.67. The number of benzene rings is 2. The van der Waals surface area contributed by atoms with Gasteiger partial charge in [-0.2, -0.15) is 0 Å². The average molecular weight is 327 g/mol. The summed E-state index contributed by atoms with van der Waals surface area (Å²) in [5.74, 6) is -0.612. The third kappa shape index (κ3) is 4.23. The van der Waals surface area contributed by atoms with E-state index in [0.29, 0.717) is 5.69 Å². The summed E-state index contributed by atoms with van der Waals surface area (Å²) >= 11 is 4.06. The second-order valence-corrected chi connectivity index (χ2v) is 6.91. The van der Waals surface area contributed by atoms with E-state index in [1.165, 1.54) is 0 Å². The molecule has 0 bridgehead atoms. The first-order valence-corrected chi connectivity index (χ1v) is 7.93. The van der Waals surface area contributed by atoms with E-state index in [0.717, 1.165) is 11.1 Å². The molecule has 23 heavy (non-hydrogen) atoms. The van der Waals surface area contributed by atoms with Gasteiger partial charge in [0, 0.05) is 11.1 Å². The fourth-order valence-corrected chi connectivity index (χ4v) is 2.56. The highest BCUT2D eigenvalue weighted by molar-refractivity contribution is 7.96. The second-order valence-electron chi connectivity index (χ2n) is 6.47. The van der Waals surface area contributed by atoms with Crippen molar-refractivity contribution in [3.63, 3.8) is 0 Å². The van der Waals surface area contributed by atoms with Crippen molar-refractivity contribution >= 4 is 29.3 Å². The van der Waals surface area contributed by atoms with Crippen molar-refractivity contribution in [1.82, 2.24) is 0 Å². The van der Waals surface area contributed by atoms with Gasteiger partial charge in [0.1, 0.15) is 0 Å². The Morgan fingerprint density at radius 2 is 1.52 bits per heavy atom. The Hall–Kier alpha value is -2.07. The van der Waals surface area contributed by atoms with Crippen molar-refractivity contribution in [3.8, 4) is 0 Å². The van der Waals surface area contributed by atoms with E-state index in [1.807, 2.05) is 75.4 Å². The molecule has 3 nitrogen and oxygen atoms in total. The third-order valence-electron chi connectivity index (χ3n) is 3.58. The third-order valence-corrected chi connectivity index (χ3v) is 3.84. The van der Waals surface area contributed by atoms with Gasteiger partial charge in [-0.3, -0.25) is 9.59 Å². The highest BCUT2D eigenvalue weighted by Gasteiger charge is 2.26. The molecule has 0 fully saturated rings. The Kier molecular flexibility index (Phi) is 5.26. The molecule has 2 aromatic rings. The molecule has 0 aliphatic heterocycles. The Bertz CT molecular complexity index is 705. The molecule has 1 N–H and O–H groups in total. The number of carbonyl (C=O) groups excluding carboxylic acids is 2. The highest BCUT2D eigenvalue weighted by Crippen LogP contribution is 2.33. The van der Waals surface area contributed by atoms with Crippen LogP contribution in [0.1, 0.15) is 37.8 Å². The molecule has 0 saturated carbocycles. The van der Waals surface area contributed by atoms with Crippen LogP contribution < -0.4 is 5.32 Å². The maximum absolute atomic E-state index is 12.3. The molecule has 0 aliphatic rings. The number of nitrogens with one attached hydrogen (secondary N) is 1. The van der Waals surface area contributed by atoms with Crippen LogP contribution in [-0.4, -0.2) is 11.0 Å². The minimum Gasteiger partial charge on any atom is -0.325 e. The minimum atomic E-state index is -0.518. The number of carbonyl (C=O) groups is 2. The van der Waals surface area contributed by atoms with Crippen LogP contribution in [0.5, 0.6) is 0 Å². The first-order chi connectivity index (χ1) is 10.8. The lowest BCUT2D eigenvalue weighted by atomic mass is 9.90. The van der Waals surface area contributed by atoms with Gasteiger partial charge >= 0.3 is 0 Å². The summed E-state index contributed by atoms with van der Waals surface area (Å²) in [6.45, 7) is 5.55. The van der Waals surface area contributed by atoms with Gasteiger partial charge < -0.3 is 5.32 Å². The van der Waals surface area contributed by atoms with Crippen LogP contribution in [0.25, 0.3) is 0 Å². The van der Waals surface area contributed by atoms with Gasteiger partial charge in [-0.1, -0.05) is 69.3 Å². The van der Waals surface area contributed by atoms with Gasteiger partial charge in [-0.25, -0.2) is 0 Å². The summed E-state index contributed by atoms with van der Waals surface area (Å²) in [5.41, 5.74) is 1.73. The zero-order valence-electron chi connectivity index (χ0n) is 13.5. The highest BCUT2D eigenvalue weighted by atomic mass is 32.1. The molecule has 0 spiro atoms. The van der Waals surface area contributed by atoms with E-state index in [1.54, 1.807) is 0 Å². The molecule has 1 unspecified atom stereocenters.